The number of methoxy groups -OCH3 is 1. The molecule has 6 nitrogen and oxygen atoms in total. The number of benzene rings is 1. The normalized spacial score (nSPS) is 13.2. The largest absolute Gasteiger partial charge is 0.497 e. The molecule has 0 N–H and O–H groups in total. The van der Waals surface area contributed by atoms with Crippen LogP contribution in [-0.4, -0.2) is 52.4 Å². The summed E-state index contributed by atoms with van der Waals surface area (Å²) in [5, 5.41) is 0. The van der Waals surface area contributed by atoms with E-state index in [1.807, 2.05) is 66.0 Å². The van der Waals surface area contributed by atoms with Gasteiger partial charge in [-0.05, 0) is 49.1 Å². The second kappa shape index (κ2) is 9.63. The number of aromatic nitrogens is 1. The van der Waals surface area contributed by atoms with Crippen molar-refractivity contribution < 1.29 is 14.3 Å². The molecule has 0 atom stereocenters. The molecule has 1 aliphatic carbocycles. The highest BCUT2D eigenvalue weighted by atomic mass is 16.5. The first-order chi connectivity index (χ1) is 14.0. The van der Waals surface area contributed by atoms with Crippen LogP contribution >= 0.6 is 0 Å². The zero-order valence-electron chi connectivity index (χ0n) is 17.6. The zero-order chi connectivity index (χ0) is 20.8. The fraction of sp³-hybridized carbons (Fsp3) is 0.478. The minimum Gasteiger partial charge on any atom is -0.497 e. The van der Waals surface area contributed by atoms with Crippen molar-refractivity contribution in [2.24, 2.45) is 7.05 Å². The molecule has 0 unspecified atom stereocenters. The Hall–Kier alpha value is -2.76. The average molecular weight is 398 g/mol. The maximum absolute atomic E-state index is 13.1. The standard InChI is InChI=1S/C23H31N3O3/c1-4-13-25(22(27)15-18-7-11-21(29-3)12-8-18)17-23(28)26(19-9-10-19)16-20-6-5-14-24(20)2/h5-8,11-12,14,19H,4,9-10,13,15-17H2,1-3H3. The topological polar surface area (TPSA) is 54.8 Å². The van der Waals surface area contributed by atoms with E-state index in [1.165, 1.54) is 0 Å². The third kappa shape index (κ3) is 5.62. The van der Waals surface area contributed by atoms with Gasteiger partial charge in [0.05, 0.1) is 26.6 Å². The van der Waals surface area contributed by atoms with Gasteiger partial charge in [0.15, 0.2) is 0 Å². The van der Waals surface area contributed by atoms with E-state index in [-0.39, 0.29) is 18.4 Å². The average Bonchev–Trinajstić information content (AvgIpc) is 3.48. The van der Waals surface area contributed by atoms with Gasteiger partial charge >= 0.3 is 0 Å². The summed E-state index contributed by atoms with van der Waals surface area (Å²) in [6.07, 6.45) is 5.20. The number of carbonyl (C=O) groups is 2. The molecule has 1 saturated carbocycles. The Balaban J connectivity index is 1.64. The van der Waals surface area contributed by atoms with Gasteiger partial charge in [-0.2, -0.15) is 0 Å². The van der Waals surface area contributed by atoms with Crippen LogP contribution in [0.4, 0.5) is 0 Å². The molecule has 3 rings (SSSR count). The number of carbonyl (C=O) groups excluding carboxylic acids is 2. The lowest BCUT2D eigenvalue weighted by Gasteiger charge is -2.28. The maximum atomic E-state index is 13.1. The summed E-state index contributed by atoms with van der Waals surface area (Å²) < 4.78 is 7.21. The monoisotopic (exact) mass is 397 g/mol. The van der Waals surface area contributed by atoms with Crippen LogP contribution in [0.1, 0.15) is 37.4 Å². The summed E-state index contributed by atoms with van der Waals surface area (Å²) in [7, 11) is 3.61. The summed E-state index contributed by atoms with van der Waals surface area (Å²) in [5.41, 5.74) is 2.03. The first-order valence-corrected chi connectivity index (χ1v) is 10.3. The highest BCUT2D eigenvalue weighted by Crippen LogP contribution is 2.28. The van der Waals surface area contributed by atoms with Crippen LogP contribution in [0.2, 0.25) is 0 Å². The molecule has 2 amide bonds. The zero-order valence-corrected chi connectivity index (χ0v) is 17.6. The SMILES string of the molecule is CCCN(CC(=O)N(Cc1cccn1C)C1CC1)C(=O)Cc1ccc(OC)cc1. The molecule has 2 aromatic rings. The summed E-state index contributed by atoms with van der Waals surface area (Å²) in [5.74, 6) is 0.785. The van der Waals surface area contributed by atoms with E-state index >= 15 is 0 Å². The highest BCUT2D eigenvalue weighted by molar-refractivity contribution is 5.86. The van der Waals surface area contributed by atoms with E-state index in [9.17, 15) is 9.59 Å². The van der Waals surface area contributed by atoms with Crippen molar-refractivity contribution in [2.75, 3.05) is 20.2 Å². The molecular formula is C23H31N3O3. The number of hydrogen-bond donors (Lipinski definition) is 0. The minimum absolute atomic E-state index is 0.0139. The molecule has 1 heterocycles. The van der Waals surface area contributed by atoms with Crippen molar-refractivity contribution in [1.29, 1.82) is 0 Å². The number of hydrogen-bond acceptors (Lipinski definition) is 3. The lowest BCUT2D eigenvalue weighted by atomic mass is 10.1. The third-order valence-electron chi connectivity index (χ3n) is 5.38. The van der Waals surface area contributed by atoms with Crippen molar-refractivity contribution in [3.8, 4) is 5.75 Å². The molecule has 156 valence electrons. The van der Waals surface area contributed by atoms with Crippen molar-refractivity contribution in [2.45, 2.75) is 45.2 Å². The number of rotatable bonds is 10. The van der Waals surface area contributed by atoms with Gasteiger partial charge in [-0.3, -0.25) is 9.59 Å². The molecule has 0 saturated heterocycles. The Kier molecular flexibility index (Phi) is 6.96. The third-order valence-corrected chi connectivity index (χ3v) is 5.38. The number of aryl methyl sites for hydroxylation is 1. The van der Waals surface area contributed by atoms with Crippen molar-refractivity contribution in [3.63, 3.8) is 0 Å². The molecule has 1 aromatic heterocycles. The van der Waals surface area contributed by atoms with Crippen molar-refractivity contribution >= 4 is 11.8 Å². The van der Waals surface area contributed by atoms with Crippen LogP contribution in [0, 0.1) is 0 Å². The van der Waals surface area contributed by atoms with Gasteiger partial charge in [0.1, 0.15) is 5.75 Å². The highest BCUT2D eigenvalue weighted by Gasteiger charge is 2.34. The predicted molar refractivity (Wildman–Crippen MR) is 113 cm³/mol. The van der Waals surface area contributed by atoms with Gasteiger partial charge in [0.2, 0.25) is 11.8 Å². The van der Waals surface area contributed by atoms with Gasteiger partial charge in [-0.1, -0.05) is 19.1 Å². The quantitative estimate of drug-likeness (QED) is 0.619. The van der Waals surface area contributed by atoms with Crippen LogP contribution < -0.4 is 4.74 Å². The van der Waals surface area contributed by atoms with Crippen LogP contribution in [0.15, 0.2) is 42.6 Å². The van der Waals surface area contributed by atoms with E-state index in [4.69, 9.17) is 4.74 Å². The second-order valence-corrected chi connectivity index (χ2v) is 7.70. The molecule has 1 aliphatic rings. The van der Waals surface area contributed by atoms with E-state index < -0.39 is 0 Å². The molecule has 1 fully saturated rings. The molecule has 0 aliphatic heterocycles. The van der Waals surface area contributed by atoms with Gasteiger partial charge in [-0.25, -0.2) is 0 Å². The minimum atomic E-state index is -0.0139. The lowest BCUT2D eigenvalue weighted by Crippen LogP contribution is -2.44. The molecule has 6 heteroatoms. The Bertz CT molecular complexity index is 824. The lowest BCUT2D eigenvalue weighted by molar-refractivity contribution is -0.141. The number of amides is 2. The number of ether oxygens (including phenoxy) is 1. The van der Waals surface area contributed by atoms with Crippen molar-refractivity contribution in [1.82, 2.24) is 14.4 Å². The van der Waals surface area contributed by atoms with Gasteiger partial charge in [0, 0.05) is 31.5 Å². The summed E-state index contributed by atoms with van der Waals surface area (Å²) >= 11 is 0. The van der Waals surface area contributed by atoms with Crippen LogP contribution in [-0.2, 0) is 29.6 Å². The number of nitrogens with zero attached hydrogens (tertiary/aromatic N) is 3. The molecule has 0 radical (unpaired) electrons. The summed E-state index contributed by atoms with van der Waals surface area (Å²) in [6, 6.07) is 11.8. The molecule has 29 heavy (non-hydrogen) atoms. The fourth-order valence-corrected chi connectivity index (χ4v) is 3.49. The second-order valence-electron chi connectivity index (χ2n) is 7.70. The van der Waals surface area contributed by atoms with Crippen LogP contribution in [0.5, 0.6) is 5.75 Å². The first kappa shape index (κ1) is 21.0. The predicted octanol–water partition coefficient (Wildman–Crippen LogP) is 3.01. The van der Waals surface area contributed by atoms with Crippen molar-refractivity contribution in [3.05, 3.63) is 53.9 Å². The Labute approximate surface area is 173 Å². The van der Waals surface area contributed by atoms with E-state index in [1.54, 1.807) is 12.0 Å². The van der Waals surface area contributed by atoms with Gasteiger partial charge < -0.3 is 19.1 Å². The Morgan fingerprint density at radius 2 is 1.86 bits per heavy atom. The van der Waals surface area contributed by atoms with E-state index in [0.717, 1.165) is 36.3 Å². The molecule has 0 spiro atoms. The molecule has 1 aromatic carbocycles. The maximum Gasteiger partial charge on any atom is 0.242 e. The summed E-state index contributed by atoms with van der Waals surface area (Å²) in [6.45, 7) is 3.35. The van der Waals surface area contributed by atoms with Gasteiger partial charge in [-0.15, -0.1) is 0 Å². The van der Waals surface area contributed by atoms with E-state index in [0.29, 0.717) is 25.6 Å². The van der Waals surface area contributed by atoms with E-state index in [2.05, 4.69) is 0 Å². The Morgan fingerprint density at radius 1 is 1.14 bits per heavy atom. The molecular weight excluding hydrogens is 366 g/mol. The Morgan fingerprint density at radius 3 is 2.41 bits per heavy atom. The summed E-state index contributed by atoms with van der Waals surface area (Å²) in [4.78, 5) is 29.6. The smallest absolute Gasteiger partial charge is 0.242 e. The fourth-order valence-electron chi connectivity index (χ4n) is 3.49. The van der Waals surface area contributed by atoms with Crippen LogP contribution in [0.25, 0.3) is 0 Å². The molecule has 0 bridgehead atoms. The van der Waals surface area contributed by atoms with Crippen LogP contribution in [0.3, 0.4) is 0 Å². The first-order valence-electron chi connectivity index (χ1n) is 10.3. The van der Waals surface area contributed by atoms with Gasteiger partial charge in [0.25, 0.3) is 0 Å².